The molecule has 1 rings (SSSR count). The van der Waals surface area contributed by atoms with Gasteiger partial charge in [-0.05, 0) is 31.5 Å². The molecule has 3 N–H and O–H groups in total. The van der Waals surface area contributed by atoms with Gasteiger partial charge < -0.3 is 11.1 Å². The SMILES string of the molecule is CC(C)(N)c1cccc(NC=O)c1. The maximum atomic E-state index is 10.2. The number of carbonyl (C=O) groups excluding carboxylic acids is 1. The third-order valence-electron chi connectivity index (χ3n) is 1.83. The fourth-order valence-electron chi connectivity index (χ4n) is 1.08. The first kappa shape index (κ1) is 9.74. The summed E-state index contributed by atoms with van der Waals surface area (Å²) in [5, 5.41) is 2.58. The molecule has 0 bridgehead atoms. The Bertz CT molecular complexity index is 302. The average molecular weight is 178 g/mol. The predicted molar refractivity (Wildman–Crippen MR) is 53.3 cm³/mol. The normalized spacial score (nSPS) is 11.0. The minimum Gasteiger partial charge on any atom is -0.329 e. The summed E-state index contributed by atoms with van der Waals surface area (Å²) in [5.74, 6) is 0. The Hall–Kier alpha value is -1.35. The highest BCUT2D eigenvalue weighted by molar-refractivity contribution is 5.71. The number of nitrogens with two attached hydrogens (primary N) is 1. The van der Waals surface area contributed by atoms with E-state index in [4.69, 9.17) is 5.73 Å². The third kappa shape index (κ3) is 2.56. The second-order valence-electron chi connectivity index (χ2n) is 3.56. The van der Waals surface area contributed by atoms with Gasteiger partial charge in [0.25, 0.3) is 0 Å². The number of hydrogen-bond acceptors (Lipinski definition) is 2. The first-order valence-corrected chi connectivity index (χ1v) is 4.13. The highest BCUT2D eigenvalue weighted by Crippen LogP contribution is 2.19. The van der Waals surface area contributed by atoms with Crippen LogP contribution in [0.25, 0.3) is 0 Å². The van der Waals surface area contributed by atoms with Crippen LogP contribution in [0, 0.1) is 0 Å². The van der Waals surface area contributed by atoms with Crippen molar-refractivity contribution < 1.29 is 4.79 Å². The van der Waals surface area contributed by atoms with Gasteiger partial charge in [-0.15, -0.1) is 0 Å². The van der Waals surface area contributed by atoms with E-state index in [0.717, 1.165) is 11.3 Å². The Balaban J connectivity index is 2.98. The zero-order valence-corrected chi connectivity index (χ0v) is 7.87. The number of rotatable bonds is 3. The van der Waals surface area contributed by atoms with Crippen molar-refractivity contribution in [2.75, 3.05) is 5.32 Å². The van der Waals surface area contributed by atoms with Crippen LogP contribution in [0.4, 0.5) is 5.69 Å². The smallest absolute Gasteiger partial charge is 0.211 e. The van der Waals surface area contributed by atoms with Gasteiger partial charge in [-0.3, -0.25) is 4.79 Å². The number of anilines is 1. The van der Waals surface area contributed by atoms with Crippen molar-refractivity contribution in [1.82, 2.24) is 0 Å². The molecule has 0 aliphatic carbocycles. The number of benzene rings is 1. The van der Waals surface area contributed by atoms with Crippen molar-refractivity contribution in [2.45, 2.75) is 19.4 Å². The lowest BCUT2D eigenvalue weighted by Crippen LogP contribution is -2.28. The maximum absolute atomic E-state index is 10.2. The number of amides is 1. The monoisotopic (exact) mass is 178 g/mol. The van der Waals surface area contributed by atoms with Gasteiger partial charge in [0, 0.05) is 11.2 Å². The number of nitrogens with one attached hydrogen (secondary N) is 1. The quantitative estimate of drug-likeness (QED) is 0.688. The van der Waals surface area contributed by atoms with Crippen LogP contribution in [0.15, 0.2) is 24.3 Å². The Morgan fingerprint density at radius 2 is 2.15 bits per heavy atom. The lowest BCUT2D eigenvalue weighted by Gasteiger charge is -2.19. The standard InChI is InChI=1S/C10H14N2O/c1-10(2,11)8-4-3-5-9(6-8)12-7-13/h3-7H,11H2,1-2H3,(H,12,13). The Kier molecular flexibility index (Phi) is 2.68. The van der Waals surface area contributed by atoms with Crippen molar-refractivity contribution in [3.05, 3.63) is 29.8 Å². The van der Waals surface area contributed by atoms with Crippen LogP contribution in [0.3, 0.4) is 0 Å². The lowest BCUT2D eigenvalue weighted by atomic mass is 9.95. The summed E-state index contributed by atoms with van der Waals surface area (Å²) in [4.78, 5) is 10.2. The fraction of sp³-hybridized carbons (Fsp3) is 0.300. The molecule has 1 aromatic rings. The van der Waals surface area contributed by atoms with Gasteiger partial charge in [0.2, 0.25) is 6.41 Å². The first-order valence-electron chi connectivity index (χ1n) is 4.13. The predicted octanol–water partition coefficient (Wildman–Crippen LogP) is 1.45. The minimum atomic E-state index is -0.374. The number of carbonyl (C=O) groups is 1. The minimum absolute atomic E-state index is 0.374. The van der Waals surface area contributed by atoms with Crippen LogP contribution in [0.2, 0.25) is 0 Å². The van der Waals surface area contributed by atoms with E-state index in [1.807, 2.05) is 38.1 Å². The largest absolute Gasteiger partial charge is 0.329 e. The van der Waals surface area contributed by atoms with E-state index in [1.54, 1.807) is 0 Å². The highest BCUT2D eigenvalue weighted by Gasteiger charge is 2.13. The zero-order chi connectivity index (χ0) is 9.90. The summed E-state index contributed by atoms with van der Waals surface area (Å²) in [7, 11) is 0. The summed E-state index contributed by atoms with van der Waals surface area (Å²) in [5.41, 5.74) is 7.30. The molecule has 0 atom stereocenters. The maximum Gasteiger partial charge on any atom is 0.211 e. The van der Waals surface area contributed by atoms with Crippen LogP contribution in [0.1, 0.15) is 19.4 Å². The van der Waals surface area contributed by atoms with Crippen LogP contribution in [0.5, 0.6) is 0 Å². The molecular weight excluding hydrogens is 164 g/mol. The van der Waals surface area contributed by atoms with E-state index in [0.29, 0.717) is 6.41 Å². The summed E-state index contributed by atoms with van der Waals surface area (Å²) >= 11 is 0. The molecule has 0 unspecified atom stereocenters. The van der Waals surface area contributed by atoms with Gasteiger partial charge in [-0.25, -0.2) is 0 Å². The average Bonchev–Trinajstić information content (AvgIpc) is 2.04. The van der Waals surface area contributed by atoms with Crippen molar-refractivity contribution in [2.24, 2.45) is 5.73 Å². The van der Waals surface area contributed by atoms with Gasteiger partial charge in [0.15, 0.2) is 0 Å². The third-order valence-corrected chi connectivity index (χ3v) is 1.83. The second kappa shape index (κ2) is 3.58. The summed E-state index contributed by atoms with van der Waals surface area (Å²) in [6.07, 6.45) is 0.655. The van der Waals surface area contributed by atoms with E-state index in [1.165, 1.54) is 0 Å². The number of hydrogen-bond donors (Lipinski definition) is 2. The molecule has 3 heteroatoms. The Labute approximate surface area is 77.9 Å². The van der Waals surface area contributed by atoms with Crippen LogP contribution in [-0.2, 0) is 10.3 Å². The molecule has 0 aliphatic rings. The molecule has 0 radical (unpaired) electrons. The van der Waals surface area contributed by atoms with Gasteiger partial charge in [0.1, 0.15) is 0 Å². The van der Waals surface area contributed by atoms with Crippen LogP contribution < -0.4 is 11.1 Å². The molecule has 0 heterocycles. The van der Waals surface area contributed by atoms with Crippen molar-refractivity contribution in [3.63, 3.8) is 0 Å². The van der Waals surface area contributed by atoms with Gasteiger partial charge in [-0.1, -0.05) is 12.1 Å². The highest BCUT2D eigenvalue weighted by atomic mass is 16.1. The van der Waals surface area contributed by atoms with E-state index in [-0.39, 0.29) is 5.54 Å². The second-order valence-corrected chi connectivity index (χ2v) is 3.56. The summed E-state index contributed by atoms with van der Waals surface area (Å²) < 4.78 is 0. The van der Waals surface area contributed by atoms with E-state index in [9.17, 15) is 4.79 Å². The van der Waals surface area contributed by atoms with E-state index in [2.05, 4.69) is 5.32 Å². The van der Waals surface area contributed by atoms with Gasteiger partial charge in [-0.2, -0.15) is 0 Å². The van der Waals surface area contributed by atoms with Gasteiger partial charge in [0.05, 0.1) is 0 Å². The molecule has 70 valence electrons. The molecule has 13 heavy (non-hydrogen) atoms. The van der Waals surface area contributed by atoms with Crippen LogP contribution in [-0.4, -0.2) is 6.41 Å². The topological polar surface area (TPSA) is 55.1 Å². The van der Waals surface area contributed by atoms with Crippen molar-refractivity contribution in [1.29, 1.82) is 0 Å². The summed E-state index contributed by atoms with van der Waals surface area (Å²) in [6.45, 7) is 3.85. The van der Waals surface area contributed by atoms with Crippen molar-refractivity contribution in [3.8, 4) is 0 Å². The molecule has 0 aromatic heterocycles. The first-order chi connectivity index (χ1) is 6.04. The molecule has 0 fully saturated rings. The molecule has 0 saturated carbocycles. The lowest BCUT2D eigenvalue weighted by molar-refractivity contribution is -0.105. The molecular formula is C10H14N2O. The fourth-order valence-corrected chi connectivity index (χ4v) is 1.08. The van der Waals surface area contributed by atoms with Crippen molar-refractivity contribution >= 4 is 12.1 Å². The van der Waals surface area contributed by atoms with Crippen LogP contribution >= 0.6 is 0 Å². The zero-order valence-electron chi connectivity index (χ0n) is 7.87. The molecule has 1 aromatic carbocycles. The summed E-state index contributed by atoms with van der Waals surface area (Å²) in [6, 6.07) is 7.50. The van der Waals surface area contributed by atoms with E-state index >= 15 is 0 Å². The van der Waals surface area contributed by atoms with Gasteiger partial charge >= 0.3 is 0 Å². The van der Waals surface area contributed by atoms with E-state index < -0.39 is 0 Å². The molecule has 0 saturated heterocycles. The molecule has 0 spiro atoms. The Morgan fingerprint density at radius 3 is 2.69 bits per heavy atom. The molecule has 3 nitrogen and oxygen atoms in total. The molecule has 0 aliphatic heterocycles. The molecule has 1 amide bonds. The Morgan fingerprint density at radius 1 is 1.46 bits per heavy atom.